The summed E-state index contributed by atoms with van der Waals surface area (Å²) in [4.78, 5) is 28.7. The van der Waals surface area contributed by atoms with Crippen LogP contribution in [0, 0.1) is 5.92 Å². The van der Waals surface area contributed by atoms with Crippen LogP contribution in [0.1, 0.15) is 50.1 Å². The number of amides is 1. The topological polar surface area (TPSA) is 58.4 Å². The van der Waals surface area contributed by atoms with Crippen LogP contribution in [0.25, 0.3) is 0 Å². The number of aromatic nitrogens is 2. The molecule has 1 aromatic rings. The van der Waals surface area contributed by atoms with Gasteiger partial charge in [-0.25, -0.2) is 4.68 Å². The lowest BCUT2D eigenvalue weighted by Gasteiger charge is -2.40. The minimum atomic E-state index is 0.0101. The Hall–Kier alpha value is -1.69. The third kappa shape index (κ3) is 3.64. The van der Waals surface area contributed by atoms with E-state index < -0.39 is 0 Å². The number of carbonyl (C=O) groups excluding carboxylic acids is 1. The zero-order valence-corrected chi connectivity index (χ0v) is 15.1. The Kier molecular flexibility index (Phi) is 4.63. The molecule has 0 radical (unpaired) electrons. The van der Waals surface area contributed by atoms with Crippen molar-refractivity contribution in [3.8, 4) is 0 Å². The molecule has 3 aliphatic rings. The predicted octanol–water partition coefficient (Wildman–Crippen LogP) is 1.45. The molecule has 3 fully saturated rings. The number of hydrogen-bond acceptors (Lipinski definition) is 4. The summed E-state index contributed by atoms with van der Waals surface area (Å²) in [5, 5.41) is 4.59. The van der Waals surface area contributed by atoms with Gasteiger partial charge < -0.3 is 4.90 Å². The van der Waals surface area contributed by atoms with Crippen LogP contribution in [0.4, 0.5) is 0 Å². The van der Waals surface area contributed by atoms with E-state index in [4.69, 9.17) is 0 Å². The first-order valence-electron chi connectivity index (χ1n) is 9.69. The van der Waals surface area contributed by atoms with Crippen molar-refractivity contribution in [2.75, 3.05) is 26.7 Å². The lowest BCUT2D eigenvalue weighted by molar-refractivity contribution is -0.139. The molecule has 0 N–H and O–H groups in total. The highest BCUT2D eigenvalue weighted by Crippen LogP contribution is 2.38. The maximum Gasteiger partial charge on any atom is 0.266 e. The van der Waals surface area contributed by atoms with Gasteiger partial charge in [0.15, 0.2) is 0 Å². The predicted molar refractivity (Wildman–Crippen MR) is 95.4 cm³/mol. The van der Waals surface area contributed by atoms with Crippen molar-refractivity contribution < 1.29 is 4.79 Å². The zero-order valence-electron chi connectivity index (χ0n) is 15.1. The van der Waals surface area contributed by atoms with Crippen molar-refractivity contribution in [2.24, 2.45) is 5.92 Å². The first-order valence-corrected chi connectivity index (χ1v) is 9.69. The molecule has 0 spiro atoms. The Labute approximate surface area is 148 Å². The Bertz CT molecular complexity index is 689. The fourth-order valence-electron chi connectivity index (χ4n) is 4.23. The highest BCUT2D eigenvalue weighted by atomic mass is 16.2. The average molecular weight is 344 g/mol. The second-order valence-electron chi connectivity index (χ2n) is 7.95. The van der Waals surface area contributed by atoms with Gasteiger partial charge in [0.05, 0.1) is 11.7 Å². The molecule has 1 aliphatic carbocycles. The molecule has 0 bridgehead atoms. The Morgan fingerprint density at radius 3 is 2.52 bits per heavy atom. The van der Waals surface area contributed by atoms with Gasteiger partial charge in [-0.15, -0.1) is 0 Å². The second kappa shape index (κ2) is 6.90. The number of hydrogen-bond donors (Lipinski definition) is 0. The maximum absolute atomic E-state index is 12.4. The summed E-state index contributed by atoms with van der Waals surface area (Å²) >= 11 is 0. The maximum atomic E-state index is 12.4. The van der Waals surface area contributed by atoms with Gasteiger partial charge in [0.1, 0.15) is 0 Å². The minimum absolute atomic E-state index is 0.0101. The van der Waals surface area contributed by atoms with Crippen LogP contribution in [0.15, 0.2) is 16.9 Å². The fourth-order valence-corrected chi connectivity index (χ4v) is 4.23. The van der Waals surface area contributed by atoms with Gasteiger partial charge in [0.25, 0.3) is 5.56 Å². The van der Waals surface area contributed by atoms with E-state index in [1.165, 1.54) is 12.8 Å². The lowest BCUT2D eigenvalue weighted by Crippen LogP contribution is -2.53. The first-order chi connectivity index (χ1) is 12.1. The summed E-state index contributed by atoms with van der Waals surface area (Å²) < 4.78 is 1.67. The molecule has 1 saturated carbocycles. The molecule has 3 heterocycles. The van der Waals surface area contributed by atoms with Crippen molar-refractivity contribution in [1.29, 1.82) is 0 Å². The molecule has 1 amide bonds. The van der Waals surface area contributed by atoms with Gasteiger partial charge in [-0.3, -0.25) is 14.5 Å². The standard InChI is InChI=1S/C19H28N4O2/c1-21-10-2-3-17(19(21)25)22-11-8-14(9-12-22)13-23-18(24)7-6-16(20-23)15-4-5-15/h6-7,14-15,17H,2-5,8-13H2,1H3. The van der Waals surface area contributed by atoms with E-state index in [9.17, 15) is 9.59 Å². The molecular weight excluding hydrogens is 316 g/mol. The molecule has 1 aromatic heterocycles. The molecule has 6 nitrogen and oxygen atoms in total. The summed E-state index contributed by atoms with van der Waals surface area (Å²) in [5.41, 5.74) is 1.09. The monoisotopic (exact) mass is 344 g/mol. The molecule has 6 heteroatoms. The van der Waals surface area contributed by atoms with Crippen LogP contribution in [0.5, 0.6) is 0 Å². The Morgan fingerprint density at radius 1 is 1.04 bits per heavy atom. The van der Waals surface area contributed by atoms with Gasteiger partial charge >= 0.3 is 0 Å². The number of likely N-dealkylation sites (tertiary alicyclic amines) is 2. The highest BCUT2D eigenvalue weighted by Gasteiger charge is 2.34. The van der Waals surface area contributed by atoms with Crippen molar-refractivity contribution >= 4 is 5.91 Å². The van der Waals surface area contributed by atoms with Crippen LogP contribution < -0.4 is 5.56 Å². The molecule has 2 saturated heterocycles. The molecule has 136 valence electrons. The van der Waals surface area contributed by atoms with Crippen LogP contribution in [0.2, 0.25) is 0 Å². The van der Waals surface area contributed by atoms with E-state index in [1.807, 2.05) is 18.0 Å². The fraction of sp³-hybridized carbons (Fsp3) is 0.737. The van der Waals surface area contributed by atoms with Crippen molar-refractivity contribution in [3.05, 3.63) is 28.2 Å². The first kappa shape index (κ1) is 16.8. The Morgan fingerprint density at radius 2 is 1.80 bits per heavy atom. The summed E-state index contributed by atoms with van der Waals surface area (Å²) in [7, 11) is 1.91. The van der Waals surface area contributed by atoms with Crippen LogP contribution in [-0.2, 0) is 11.3 Å². The summed E-state index contributed by atoms with van der Waals surface area (Å²) in [6.45, 7) is 3.50. The molecule has 2 aliphatic heterocycles. The van der Waals surface area contributed by atoms with Crippen molar-refractivity contribution in [2.45, 2.75) is 57.0 Å². The SMILES string of the molecule is CN1CCCC(N2CCC(Cn3nc(C4CC4)ccc3=O)CC2)C1=O. The van der Waals surface area contributed by atoms with E-state index >= 15 is 0 Å². The van der Waals surface area contributed by atoms with Crippen LogP contribution in [0.3, 0.4) is 0 Å². The lowest BCUT2D eigenvalue weighted by atomic mass is 9.93. The van der Waals surface area contributed by atoms with E-state index in [-0.39, 0.29) is 17.5 Å². The largest absolute Gasteiger partial charge is 0.344 e. The number of carbonyl (C=O) groups is 1. The molecule has 1 unspecified atom stereocenters. The number of piperidine rings is 2. The molecular formula is C19H28N4O2. The molecule has 0 aromatic carbocycles. The highest BCUT2D eigenvalue weighted by molar-refractivity contribution is 5.82. The van der Waals surface area contributed by atoms with Crippen LogP contribution in [-0.4, -0.2) is 58.2 Å². The summed E-state index contributed by atoms with van der Waals surface area (Å²) in [6.07, 6.45) is 6.56. The van der Waals surface area contributed by atoms with Crippen molar-refractivity contribution in [3.63, 3.8) is 0 Å². The number of likely N-dealkylation sites (N-methyl/N-ethyl adjacent to an activating group) is 1. The Balaban J connectivity index is 1.35. The third-order valence-corrected chi connectivity index (χ3v) is 6.04. The van der Waals surface area contributed by atoms with Crippen LogP contribution >= 0.6 is 0 Å². The normalized spacial score (nSPS) is 26.2. The quantitative estimate of drug-likeness (QED) is 0.830. The van der Waals surface area contributed by atoms with Gasteiger partial charge in [-0.1, -0.05) is 0 Å². The van der Waals surface area contributed by atoms with Gasteiger partial charge in [-0.05, 0) is 63.6 Å². The molecule has 4 rings (SSSR count). The smallest absolute Gasteiger partial charge is 0.266 e. The summed E-state index contributed by atoms with van der Waals surface area (Å²) in [6, 6.07) is 3.63. The molecule has 25 heavy (non-hydrogen) atoms. The van der Waals surface area contributed by atoms with Crippen molar-refractivity contribution in [1.82, 2.24) is 19.6 Å². The summed E-state index contributed by atoms with van der Waals surface area (Å²) in [5.74, 6) is 1.33. The number of nitrogens with zero attached hydrogens (tertiary/aromatic N) is 4. The minimum Gasteiger partial charge on any atom is -0.344 e. The van der Waals surface area contributed by atoms with E-state index in [2.05, 4.69) is 10.00 Å². The molecule has 1 atom stereocenters. The number of rotatable bonds is 4. The van der Waals surface area contributed by atoms with E-state index in [0.717, 1.165) is 51.0 Å². The van der Waals surface area contributed by atoms with Gasteiger partial charge in [-0.2, -0.15) is 5.10 Å². The van der Waals surface area contributed by atoms with Gasteiger partial charge in [0, 0.05) is 32.1 Å². The third-order valence-electron chi connectivity index (χ3n) is 6.04. The van der Waals surface area contributed by atoms with E-state index in [1.54, 1.807) is 10.7 Å². The van der Waals surface area contributed by atoms with Gasteiger partial charge in [0.2, 0.25) is 5.91 Å². The zero-order chi connectivity index (χ0) is 17.4. The second-order valence-corrected chi connectivity index (χ2v) is 7.95. The van der Waals surface area contributed by atoms with E-state index in [0.29, 0.717) is 18.4 Å². The average Bonchev–Trinajstić information content (AvgIpc) is 3.45.